The lowest BCUT2D eigenvalue weighted by Crippen LogP contribution is -2.30. The standard InChI is InChI=1S/C20H24F3N3O3.HI/c1-4-28-17-9-8-15(11-18(17)27-3)26-19(24-2)25-12-14-6-5-7-16(10-14)29-13-20(21,22)23;/h5-11H,4,12-13H2,1-3H3,(H2,24,25,26);1H. The number of anilines is 1. The molecule has 2 rings (SSSR count). The van der Waals surface area contributed by atoms with E-state index >= 15 is 0 Å². The van der Waals surface area contributed by atoms with Crippen LogP contribution in [0.4, 0.5) is 18.9 Å². The zero-order chi connectivity index (χ0) is 21.3. The highest BCUT2D eigenvalue weighted by atomic mass is 127. The topological polar surface area (TPSA) is 64.1 Å². The van der Waals surface area contributed by atoms with Gasteiger partial charge in [0.2, 0.25) is 0 Å². The highest BCUT2D eigenvalue weighted by molar-refractivity contribution is 14.0. The number of benzene rings is 2. The van der Waals surface area contributed by atoms with E-state index in [-0.39, 0.29) is 29.7 Å². The van der Waals surface area contributed by atoms with Crippen molar-refractivity contribution in [3.05, 3.63) is 48.0 Å². The van der Waals surface area contributed by atoms with Crippen molar-refractivity contribution in [2.24, 2.45) is 4.99 Å². The van der Waals surface area contributed by atoms with E-state index in [4.69, 9.17) is 14.2 Å². The molecule has 0 spiro atoms. The fourth-order valence-electron chi connectivity index (χ4n) is 2.43. The molecule has 2 aromatic carbocycles. The molecule has 0 fully saturated rings. The lowest BCUT2D eigenvalue weighted by Gasteiger charge is -2.15. The van der Waals surface area contributed by atoms with Gasteiger partial charge < -0.3 is 24.8 Å². The Bertz CT molecular complexity index is 832. The molecule has 0 radical (unpaired) electrons. The van der Waals surface area contributed by atoms with Crippen LogP contribution in [0.5, 0.6) is 17.2 Å². The number of nitrogens with zero attached hydrogens (tertiary/aromatic N) is 1. The minimum atomic E-state index is -4.38. The normalized spacial score (nSPS) is 11.3. The number of guanidine groups is 1. The van der Waals surface area contributed by atoms with Crippen LogP contribution in [0, 0.1) is 0 Å². The van der Waals surface area contributed by atoms with E-state index in [0.29, 0.717) is 30.6 Å². The molecule has 0 aliphatic carbocycles. The number of nitrogens with one attached hydrogen (secondary N) is 2. The van der Waals surface area contributed by atoms with Crippen molar-refractivity contribution in [3.8, 4) is 17.2 Å². The molecular weight excluding hydrogens is 514 g/mol. The first-order valence-corrected chi connectivity index (χ1v) is 8.91. The summed E-state index contributed by atoms with van der Waals surface area (Å²) in [5.41, 5.74) is 1.48. The van der Waals surface area contributed by atoms with Gasteiger partial charge in [-0.25, -0.2) is 0 Å². The fourth-order valence-corrected chi connectivity index (χ4v) is 2.43. The van der Waals surface area contributed by atoms with Crippen molar-refractivity contribution in [3.63, 3.8) is 0 Å². The minimum absolute atomic E-state index is 0. The molecule has 0 atom stereocenters. The van der Waals surface area contributed by atoms with Crippen LogP contribution in [-0.2, 0) is 6.54 Å². The quantitative estimate of drug-likeness (QED) is 0.286. The van der Waals surface area contributed by atoms with Crippen molar-refractivity contribution in [1.82, 2.24) is 5.32 Å². The van der Waals surface area contributed by atoms with Gasteiger partial charge in [-0.1, -0.05) is 12.1 Å². The molecule has 6 nitrogen and oxygen atoms in total. The van der Waals surface area contributed by atoms with E-state index in [1.807, 2.05) is 13.0 Å². The third-order valence-corrected chi connectivity index (χ3v) is 3.71. The van der Waals surface area contributed by atoms with Crippen LogP contribution in [0.2, 0.25) is 0 Å². The molecule has 0 aliphatic heterocycles. The Hall–Kier alpha value is -2.37. The Kier molecular flexibility index (Phi) is 10.6. The van der Waals surface area contributed by atoms with E-state index in [9.17, 15) is 13.2 Å². The largest absolute Gasteiger partial charge is 0.493 e. The van der Waals surface area contributed by atoms with E-state index in [1.165, 1.54) is 6.07 Å². The Labute approximate surface area is 190 Å². The summed E-state index contributed by atoms with van der Waals surface area (Å²) in [7, 11) is 3.17. The molecule has 0 amide bonds. The first-order valence-electron chi connectivity index (χ1n) is 8.91. The Balaban J connectivity index is 0.00000450. The van der Waals surface area contributed by atoms with E-state index in [2.05, 4.69) is 15.6 Å². The average Bonchev–Trinajstić information content (AvgIpc) is 2.70. The maximum absolute atomic E-state index is 12.3. The molecule has 0 saturated carbocycles. The minimum Gasteiger partial charge on any atom is -0.493 e. The molecule has 0 unspecified atom stereocenters. The fraction of sp³-hybridized carbons (Fsp3) is 0.350. The molecule has 0 bridgehead atoms. The van der Waals surface area contributed by atoms with Crippen LogP contribution in [0.1, 0.15) is 12.5 Å². The maximum atomic E-state index is 12.3. The number of methoxy groups -OCH3 is 1. The Morgan fingerprint density at radius 2 is 1.83 bits per heavy atom. The third kappa shape index (κ3) is 8.56. The van der Waals surface area contributed by atoms with E-state index < -0.39 is 12.8 Å². The van der Waals surface area contributed by atoms with Crippen LogP contribution >= 0.6 is 24.0 Å². The summed E-state index contributed by atoms with van der Waals surface area (Å²) in [6.45, 7) is 1.43. The summed E-state index contributed by atoms with van der Waals surface area (Å²) in [5, 5.41) is 6.23. The molecule has 0 aliphatic rings. The van der Waals surface area contributed by atoms with Gasteiger partial charge in [0.15, 0.2) is 24.1 Å². The number of alkyl halides is 3. The first kappa shape index (κ1) is 25.7. The molecule has 0 saturated heterocycles. The van der Waals surface area contributed by atoms with Crippen molar-refractivity contribution < 1.29 is 27.4 Å². The third-order valence-electron chi connectivity index (χ3n) is 3.71. The van der Waals surface area contributed by atoms with Gasteiger partial charge in [0.1, 0.15) is 5.75 Å². The van der Waals surface area contributed by atoms with Crippen molar-refractivity contribution in [2.45, 2.75) is 19.6 Å². The van der Waals surface area contributed by atoms with Crippen LogP contribution in [0.3, 0.4) is 0 Å². The molecule has 2 N–H and O–H groups in total. The van der Waals surface area contributed by atoms with Crippen LogP contribution in [0.15, 0.2) is 47.5 Å². The van der Waals surface area contributed by atoms with Gasteiger partial charge in [-0.3, -0.25) is 4.99 Å². The van der Waals surface area contributed by atoms with Crippen molar-refractivity contribution in [2.75, 3.05) is 32.7 Å². The van der Waals surface area contributed by atoms with Gasteiger partial charge in [0, 0.05) is 25.3 Å². The monoisotopic (exact) mass is 539 g/mol. The number of ether oxygens (including phenoxy) is 3. The maximum Gasteiger partial charge on any atom is 0.422 e. The molecule has 2 aromatic rings. The highest BCUT2D eigenvalue weighted by Crippen LogP contribution is 2.30. The lowest BCUT2D eigenvalue weighted by molar-refractivity contribution is -0.153. The molecule has 10 heteroatoms. The average molecular weight is 539 g/mol. The predicted molar refractivity (Wildman–Crippen MR) is 121 cm³/mol. The number of halogens is 4. The Morgan fingerprint density at radius 3 is 2.47 bits per heavy atom. The van der Waals surface area contributed by atoms with Gasteiger partial charge in [-0.05, 0) is 36.8 Å². The van der Waals surface area contributed by atoms with Gasteiger partial charge in [0.25, 0.3) is 0 Å². The van der Waals surface area contributed by atoms with Gasteiger partial charge in [0.05, 0.1) is 13.7 Å². The second kappa shape index (κ2) is 12.4. The second-order valence-electron chi connectivity index (χ2n) is 5.90. The SMILES string of the molecule is CCOc1ccc(NC(=NC)NCc2cccc(OCC(F)(F)F)c2)cc1OC.I. The molecule has 0 aromatic heterocycles. The van der Waals surface area contributed by atoms with E-state index in [1.54, 1.807) is 44.5 Å². The van der Waals surface area contributed by atoms with Crippen molar-refractivity contribution >= 4 is 35.6 Å². The van der Waals surface area contributed by atoms with Gasteiger partial charge >= 0.3 is 6.18 Å². The number of rotatable bonds is 8. The molecule has 166 valence electrons. The summed E-state index contributed by atoms with van der Waals surface area (Å²) in [5.74, 6) is 1.86. The zero-order valence-electron chi connectivity index (χ0n) is 16.9. The van der Waals surface area contributed by atoms with Crippen LogP contribution in [-0.4, -0.2) is 39.5 Å². The van der Waals surface area contributed by atoms with Gasteiger partial charge in [-0.2, -0.15) is 13.2 Å². The number of hydrogen-bond donors (Lipinski definition) is 2. The summed E-state index contributed by atoms with van der Waals surface area (Å²) in [6.07, 6.45) is -4.38. The summed E-state index contributed by atoms with van der Waals surface area (Å²) < 4.78 is 52.5. The summed E-state index contributed by atoms with van der Waals surface area (Å²) in [4.78, 5) is 4.15. The van der Waals surface area contributed by atoms with Gasteiger partial charge in [-0.15, -0.1) is 24.0 Å². The van der Waals surface area contributed by atoms with Crippen molar-refractivity contribution in [1.29, 1.82) is 0 Å². The number of hydrogen-bond acceptors (Lipinski definition) is 4. The predicted octanol–water partition coefficient (Wildman–Crippen LogP) is 4.84. The number of aliphatic imine (C=N–C) groups is 1. The highest BCUT2D eigenvalue weighted by Gasteiger charge is 2.28. The van der Waals surface area contributed by atoms with E-state index in [0.717, 1.165) is 11.3 Å². The Morgan fingerprint density at radius 1 is 1.07 bits per heavy atom. The second-order valence-corrected chi connectivity index (χ2v) is 5.90. The first-order chi connectivity index (χ1) is 13.8. The summed E-state index contributed by atoms with van der Waals surface area (Å²) >= 11 is 0. The van der Waals surface area contributed by atoms with Crippen LogP contribution < -0.4 is 24.8 Å². The molecule has 0 heterocycles. The lowest BCUT2D eigenvalue weighted by atomic mass is 10.2. The smallest absolute Gasteiger partial charge is 0.422 e. The zero-order valence-corrected chi connectivity index (χ0v) is 19.2. The molecule has 30 heavy (non-hydrogen) atoms. The molecular formula is C20H25F3IN3O3. The summed E-state index contributed by atoms with van der Waals surface area (Å²) in [6, 6.07) is 11.8. The van der Waals surface area contributed by atoms with Crippen LogP contribution in [0.25, 0.3) is 0 Å².